The van der Waals surface area contributed by atoms with Crippen LogP contribution in [0.3, 0.4) is 0 Å². The first kappa shape index (κ1) is 11.2. The number of nitrogens with zero attached hydrogens (tertiary/aromatic N) is 1. The third-order valence-electron chi connectivity index (χ3n) is 4.46. The molecule has 92 valence electrons. The van der Waals surface area contributed by atoms with Crippen LogP contribution in [0.2, 0.25) is 0 Å². The largest absolute Gasteiger partial charge is 0.330 e. The molecule has 3 rings (SSSR count). The highest BCUT2D eigenvalue weighted by Crippen LogP contribution is 2.36. The molecule has 0 spiro atoms. The Morgan fingerprint density at radius 3 is 3.18 bits per heavy atom. The maximum Gasteiger partial charge on any atom is 0.0351 e. The molecule has 0 radical (unpaired) electrons. The molecule has 2 heterocycles. The fraction of sp³-hybridized carbons (Fsp3) is 0.600. The van der Waals surface area contributed by atoms with Gasteiger partial charge in [-0.15, -0.1) is 0 Å². The standard InChI is InChI=1S/C15H22N2/c16-11-12-6-8-17-9-7-13-4-2-1-3-5-14(13)15(17)10-12/h1-2,4-5,12,15H,3,6-11,16H2. The molecule has 0 amide bonds. The van der Waals surface area contributed by atoms with Gasteiger partial charge in [0.05, 0.1) is 0 Å². The highest BCUT2D eigenvalue weighted by Gasteiger charge is 2.34. The Hall–Kier alpha value is -0.860. The molecular formula is C15H22N2. The molecule has 2 heteroatoms. The lowest BCUT2D eigenvalue weighted by atomic mass is 9.80. The zero-order chi connectivity index (χ0) is 11.7. The van der Waals surface area contributed by atoms with Gasteiger partial charge in [0.1, 0.15) is 0 Å². The Balaban J connectivity index is 1.85. The molecule has 0 aromatic heterocycles. The van der Waals surface area contributed by atoms with Crippen LogP contribution >= 0.6 is 0 Å². The Kier molecular flexibility index (Phi) is 3.17. The van der Waals surface area contributed by atoms with E-state index in [-0.39, 0.29) is 0 Å². The quantitative estimate of drug-likeness (QED) is 0.748. The van der Waals surface area contributed by atoms with E-state index < -0.39 is 0 Å². The van der Waals surface area contributed by atoms with Crippen molar-refractivity contribution in [3.63, 3.8) is 0 Å². The van der Waals surface area contributed by atoms with Gasteiger partial charge < -0.3 is 5.73 Å². The average Bonchev–Trinajstić information content (AvgIpc) is 2.63. The molecule has 2 N–H and O–H groups in total. The molecule has 3 aliphatic rings. The van der Waals surface area contributed by atoms with E-state index in [0.717, 1.165) is 18.9 Å². The summed E-state index contributed by atoms with van der Waals surface area (Å²) >= 11 is 0. The molecule has 2 unspecified atom stereocenters. The summed E-state index contributed by atoms with van der Waals surface area (Å²) in [4.78, 5) is 2.67. The Labute approximate surface area is 104 Å². The summed E-state index contributed by atoms with van der Waals surface area (Å²) in [5.74, 6) is 0.729. The minimum absolute atomic E-state index is 0.650. The zero-order valence-corrected chi connectivity index (χ0v) is 10.4. The van der Waals surface area contributed by atoms with Crippen molar-refractivity contribution in [2.75, 3.05) is 19.6 Å². The van der Waals surface area contributed by atoms with Crippen LogP contribution in [-0.4, -0.2) is 30.6 Å². The lowest BCUT2D eigenvalue weighted by Crippen LogP contribution is -2.48. The first-order valence-electron chi connectivity index (χ1n) is 6.88. The van der Waals surface area contributed by atoms with Crippen LogP contribution in [0.1, 0.15) is 25.7 Å². The van der Waals surface area contributed by atoms with Crippen molar-refractivity contribution in [1.82, 2.24) is 4.90 Å². The zero-order valence-electron chi connectivity index (χ0n) is 10.4. The molecule has 2 aliphatic heterocycles. The van der Waals surface area contributed by atoms with Gasteiger partial charge in [-0.2, -0.15) is 0 Å². The molecule has 0 aromatic carbocycles. The van der Waals surface area contributed by atoms with Crippen molar-refractivity contribution in [2.24, 2.45) is 11.7 Å². The third kappa shape index (κ3) is 2.12. The first-order chi connectivity index (χ1) is 8.38. The number of allylic oxidation sites excluding steroid dienone is 4. The second-order valence-corrected chi connectivity index (χ2v) is 5.44. The number of nitrogens with two attached hydrogens (primary N) is 1. The minimum Gasteiger partial charge on any atom is -0.330 e. The number of fused-ring (bicyclic) bond motifs is 3. The molecule has 0 saturated carbocycles. The van der Waals surface area contributed by atoms with Crippen LogP contribution in [0.5, 0.6) is 0 Å². The van der Waals surface area contributed by atoms with E-state index in [9.17, 15) is 0 Å². The second-order valence-electron chi connectivity index (χ2n) is 5.44. The Morgan fingerprint density at radius 1 is 1.35 bits per heavy atom. The minimum atomic E-state index is 0.650. The SMILES string of the molecule is NCC1CCN2CCC3=CC=CCC=C3C2C1. The molecule has 2 saturated heterocycles. The highest BCUT2D eigenvalue weighted by atomic mass is 15.2. The van der Waals surface area contributed by atoms with Crippen LogP contribution in [0, 0.1) is 5.92 Å². The predicted molar refractivity (Wildman–Crippen MR) is 71.7 cm³/mol. The first-order valence-corrected chi connectivity index (χ1v) is 6.88. The van der Waals surface area contributed by atoms with Crippen LogP contribution in [-0.2, 0) is 0 Å². The molecule has 2 fully saturated rings. The smallest absolute Gasteiger partial charge is 0.0351 e. The summed E-state index contributed by atoms with van der Waals surface area (Å²) in [5, 5.41) is 0. The van der Waals surface area contributed by atoms with Gasteiger partial charge in [0.25, 0.3) is 0 Å². The molecule has 0 bridgehead atoms. The van der Waals surface area contributed by atoms with Gasteiger partial charge >= 0.3 is 0 Å². The molecular weight excluding hydrogens is 208 g/mol. The van der Waals surface area contributed by atoms with E-state index in [1.165, 1.54) is 32.4 Å². The fourth-order valence-corrected chi connectivity index (χ4v) is 3.42. The van der Waals surface area contributed by atoms with Crippen molar-refractivity contribution in [3.05, 3.63) is 35.5 Å². The summed E-state index contributed by atoms with van der Waals surface area (Å²) in [7, 11) is 0. The van der Waals surface area contributed by atoms with Crippen molar-refractivity contribution in [1.29, 1.82) is 0 Å². The lowest BCUT2D eigenvalue weighted by molar-refractivity contribution is 0.127. The average molecular weight is 230 g/mol. The second kappa shape index (κ2) is 4.79. The maximum absolute atomic E-state index is 5.86. The molecule has 2 nitrogen and oxygen atoms in total. The van der Waals surface area contributed by atoms with Crippen LogP contribution < -0.4 is 5.73 Å². The van der Waals surface area contributed by atoms with Gasteiger partial charge in [0, 0.05) is 12.6 Å². The van der Waals surface area contributed by atoms with Crippen molar-refractivity contribution < 1.29 is 0 Å². The number of piperidine rings is 2. The van der Waals surface area contributed by atoms with E-state index in [2.05, 4.69) is 29.2 Å². The summed E-state index contributed by atoms with van der Waals surface area (Å²) in [6.07, 6.45) is 14.1. The lowest BCUT2D eigenvalue weighted by Gasteiger charge is -2.44. The van der Waals surface area contributed by atoms with Gasteiger partial charge in [-0.25, -0.2) is 0 Å². The monoisotopic (exact) mass is 230 g/mol. The topological polar surface area (TPSA) is 29.3 Å². The van der Waals surface area contributed by atoms with Gasteiger partial charge in [-0.05, 0) is 55.8 Å². The van der Waals surface area contributed by atoms with E-state index in [1.54, 1.807) is 11.1 Å². The van der Waals surface area contributed by atoms with E-state index in [1.807, 2.05) is 0 Å². The highest BCUT2D eigenvalue weighted by molar-refractivity contribution is 5.42. The molecule has 2 atom stereocenters. The van der Waals surface area contributed by atoms with Crippen molar-refractivity contribution in [3.8, 4) is 0 Å². The maximum atomic E-state index is 5.86. The van der Waals surface area contributed by atoms with Crippen LogP contribution in [0.25, 0.3) is 0 Å². The normalized spacial score (nSPS) is 33.2. The van der Waals surface area contributed by atoms with Gasteiger partial charge in [0.2, 0.25) is 0 Å². The summed E-state index contributed by atoms with van der Waals surface area (Å²) < 4.78 is 0. The number of hydrogen-bond donors (Lipinski definition) is 1. The molecule has 0 aromatic rings. The number of hydrogen-bond acceptors (Lipinski definition) is 2. The third-order valence-corrected chi connectivity index (χ3v) is 4.46. The van der Waals surface area contributed by atoms with Crippen LogP contribution in [0.15, 0.2) is 35.5 Å². The fourth-order valence-electron chi connectivity index (χ4n) is 3.42. The molecule has 17 heavy (non-hydrogen) atoms. The van der Waals surface area contributed by atoms with Crippen molar-refractivity contribution >= 4 is 0 Å². The summed E-state index contributed by atoms with van der Waals surface area (Å²) in [5.41, 5.74) is 9.02. The van der Waals surface area contributed by atoms with Crippen molar-refractivity contribution in [2.45, 2.75) is 31.7 Å². The predicted octanol–water partition coefficient (Wildman–Crippen LogP) is 2.24. The molecule has 1 aliphatic carbocycles. The van der Waals surface area contributed by atoms with Gasteiger partial charge in [0.15, 0.2) is 0 Å². The van der Waals surface area contributed by atoms with Gasteiger partial charge in [-0.1, -0.05) is 24.3 Å². The van der Waals surface area contributed by atoms with Gasteiger partial charge in [-0.3, -0.25) is 4.90 Å². The van der Waals surface area contributed by atoms with E-state index in [4.69, 9.17) is 5.73 Å². The Morgan fingerprint density at radius 2 is 2.29 bits per heavy atom. The summed E-state index contributed by atoms with van der Waals surface area (Å²) in [6, 6.07) is 0.650. The summed E-state index contributed by atoms with van der Waals surface area (Å²) in [6.45, 7) is 3.33. The van der Waals surface area contributed by atoms with Crippen LogP contribution in [0.4, 0.5) is 0 Å². The number of rotatable bonds is 1. The van der Waals surface area contributed by atoms with E-state index >= 15 is 0 Å². The Bertz CT molecular complexity index is 378. The van der Waals surface area contributed by atoms with E-state index in [0.29, 0.717) is 6.04 Å².